The van der Waals surface area contributed by atoms with Gasteiger partial charge in [0.2, 0.25) is 5.91 Å². The minimum atomic E-state index is -0.189. The molecule has 1 amide bonds. The number of amides is 1. The van der Waals surface area contributed by atoms with Crippen molar-refractivity contribution in [2.24, 2.45) is 0 Å². The van der Waals surface area contributed by atoms with E-state index in [1.54, 1.807) is 11.8 Å². The Kier molecular flexibility index (Phi) is 3.50. The van der Waals surface area contributed by atoms with E-state index >= 15 is 0 Å². The number of nitrogens with one attached hydrogen (secondary N) is 1. The molecular weight excluding hydrogens is 146 g/mol. The third kappa shape index (κ3) is 3.56. The molecular formula is C7H13NOS. The van der Waals surface area contributed by atoms with Gasteiger partial charge in [-0.1, -0.05) is 6.58 Å². The predicted octanol–water partition coefficient (Wildman–Crippen LogP) is 1.39. The molecule has 0 heterocycles. The normalized spacial score (nSPS) is 10.7. The van der Waals surface area contributed by atoms with Crippen LogP contribution in [0.15, 0.2) is 12.7 Å². The van der Waals surface area contributed by atoms with Crippen molar-refractivity contribution in [3.8, 4) is 0 Å². The second-order valence-electron chi connectivity index (χ2n) is 2.41. The van der Waals surface area contributed by atoms with Crippen LogP contribution in [0, 0.1) is 0 Å². The lowest BCUT2D eigenvalue weighted by atomic mass is 10.4. The number of hydrogen-bond acceptors (Lipinski definition) is 2. The van der Waals surface area contributed by atoms with Gasteiger partial charge in [-0.2, -0.15) is 0 Å². The van der Waals surface area contributed by atoms with E-state index in [1.165, 1.54) is 6.08 Å². The summed E-state index contributed by atoms with van der Waals surface area (Å²) >= 11 is 1.59. The summed E-state index contributed by atoms with van der Waals surface area (Å²) in [6.07, 6.45) is 3.22. The van der Waals surface area contributed by atoms with Crippen LogP contribution < -0.4 is 5.32 Å². The Morgan fingerprint density at radius 3 is 2.50 bits per heavy atom. The first-order valence-corrected chi connectivity index (χ1v) is 4.24. The van der Waals surface area contributed by atoms with Crippen molar-refractivity contribution < 1.29 is 4.79 Å². The third-order valence-electron chi connectivity index (χ3n) is 1.12. The van der Waals surface area contributed by atoms with Crippen LogP contribution >= 0.6 is 11.8 Å². The average molecular weight is 159 g/mol. The molecule has 0 saturated heterocycles. The van der Waals surface area contributed by atoms with Gasteiger partial charge >= 0.3 is 0 Å². The van der Waals surface area contributed by atoms with Crippen molar-refractivity contribution in [2.75, 3.05) is 6.26 Å². The number of rotatable bonds is 3. The first-order chi connectivity index (χ1) is 4.52. The Morgan fingerprint density at radius 1 is 1.70 bits per heavy atom. The summed E-state index contributed by atoms with van der Waals surface area (Å²) < 4.78 is 0. The second-order valence-corrected chi connectivity index (χ2v) is 3.84. The lowest BCUT2D eigenvalue weighted by molar-refractivity contribution is -0.117. The van der Waals surface area contributed by atoms with E-state index in [-0.39, 0.29) is 10.8 Å². The molecule has 0 rings (SSSR count). The Balaban J connectivity index is 3.87. The van der Waals surface area contributed by atoms with Crippen molar-refractivity contribution in [3.05, 3.63) is 12.7 Å². The molecule has 58 valence electrons. The number of carbonyl (C=O) groups excluding carboxylic acids is 1. The molecule has 0 aliphatic heterocycles. The first kappa shape index (κ1) is 9.56. The summed E-state index contributed by atoms with van der Waals surface area (Å²) in [5, 5.41) is 2.76. The largest absolute Gasteiger partial charge is 0.339 e. The number of carbonyl (C=O) groups is 1. The third-order valence-corrected chi connectivity index (χ3v) is 2.24. The highest BCUT2D eigenvalue weighted by Gasteiger charge is 2.16. The van der Waals surface area contributed by atoms with E-state index in [1.807, 2.05) is 20.1 Å². The quantitative estimate of drug-likeness (QED) is 0.498. The standard InChI is InChI=1S/C7H13NOS/c1-5-6(9)8-7(2,3)10-4/h5H,1H2,2-4H3,(H,8,9). The summed E-state index contributed by atoms with van der Waals surface area (Å²) in [5.74, 6) is -0.126. The van der Waals surface area contributed by atoms with E-state index in [0.29, 0.717) is 0 Å². The SMILES string of the molecule is C=CC(=O)NC(C)(C)SC. The van der Waals surface area contributed by atoms with Gasteiger partial charge in [-0.15, -0.1) is 11.8 Å². The maximum atomic E-state index is 10.7. The van der Waals surface area contributed by atoms with Crippen molar-refractivity contribution in [2.45, 2.75) is 18.7 Å². The molecule has 0 aromatic rings. The minimum absolute atomic E-state index is 0.126. The van der Waals surface area contributed by atoms with Crippen LogP contribution in [0.3, 0.4) is 0 Å². The van der Waals surface area contributed by atoms with Crippen molar-refractivity contribution in [3.63, 3.8) is 0 Å². The van der Waals surface area contributed by atoms with Crippen LogP contribution in [-0.4, -0.2) is 17.0 Å². The molecule has 0 atom stereocenters. The molecule has 0 spiro atoms. The van der Waals surface area contributed by atoms with Gasteiger partial charge in [-0.25, -0.2) is 0 Å². The summed E-state index contributed by atoms with van der Waals surface area (Å²) in [5.41, 5.74) is 0. The maximum absolute atomic E-state index is 10.7. The summed E-state index contributed by atoms with van der Waals surface area (Å²) in [6.45, 7) is 7.24. The van der Waals surface area contributed by atoms with Gasteiger partial charge in [-0.3, -0.25) is 4.79 Å². The number of thioether (sulfide) groups is 1. The van der Waals surface area contributed by atoms with Gasteiger partial charge in [0.1, 0.15) is 0 Å². The molecule has 0 saturated carbocycles. The monoisotopic (exact) mass is 159 g/mol. The molecule has 3 heteroatoms. The molecule has 10 heavy (non-hydrogen) atoms. The van der Waals surface area contributed by atoms with Gasteiger partial charge in [0.15, 0.2) is 0 Å². The molecule has 0 radical (unpaired) electrons. The smallest absolute Gasteiger partial charge is 0.244 e. The van der Waals surface area contributed by atoms with Gasteiger partial charge in [0.05, 0.1) is 4.87 Å². The first-order valence-electron chi connectivity index (χ1n) is 3.01. The van der Waals surface area contributed by atoms with Crippen molar-refractivity contribution in [1.29, 1.82) is 0 Å². The average Bonchev–Trinajstić information content (AvgIpc) is 1.87. The molecule has 0 aliphatic carbocycles. The zero-order valence-corrected chi connectivity index (χ0v) is 7.42. The van der Waals surface area contributed by atoms with Crippen molar-refractivity contribution >= 4 is 17.7 Å². The molecule has 0 bridgehead atoms. The highest BCUT2D eigenvalue weighted by atomic mass is 32.2. The zero-order valence-electron chi connectivity index (χ0n) is 6.60. The van der Waals surface area contributed by atoms with Gasteiger partial charge in [-0.05, 0) is 26.2 Å². The zero-order chi connectivity index (χ0) is 8.20. The molecule has 0 aromatic heterocycles. The van der Waals surface area contributed by atoms with Crippen LogP contribution in [-0.2, 0) is 4.79 Å². The molecule has 1 N–H and O–H groups in total. The van der Waals surface area contributed by atoms with Crippen LogP contribution in [0.5, 0.6) is 0 Å². The highest BCUT2D eigenvalue weighted by Crippen LogP contribution is 2.16. The van der Waals surface area contributed by atoms with Crippen LogP contribution in [0.1, 0.15) is 13.8 Å². The fraction of sp³-hybridized carbons (Fsp3) is 0.571. The highest BCUT2D eigenvalue weighted by molar-refractivity contribution is 7.99. The maximum Gasteiger partial charge on any atom is 0.244 e. The predicted molar refractivity (Wildman–Crippen MR) is 45.9 cm³/mol. The number of hydrogen-bond donors (Lipinski definition) is 1. The van der Waals surface area contributed by atoms with Gasteiger partial charge in [0, 0.05) is 0 Å². The van der Waals surface area contributed by atoms with E-state index in [2.05, 4.69) is 11.9 Å². The van der Waals surface area contributed by atoms with Gasteiger partial charge in [0.25, 0.3) is 0 Å². The molecule has 0 aromatic carbocycles. The Hall–Kier alpha value is -0.440. The molecule has 0 unspecified atom stereocenters. The lowest BCUT2D eigenvalue weighted by Crippen LogP contribution is -2.39. The van der Waals surface area contributed by atoms with Crippen LogP contribution in [0.4, 0.5) is 0 Å². The van der Waals surface area contributed by atoms with Gasteiger partial charge < -0.3 is 5.32 Å². The molecule has 0 aliphatic rings. The Bertz CT molecular complexity index is 143. The lowest BCUT2D eigenvalue weighted by Gasteiger charge is -2.22. The second kappa shape index (κ2) is 3.66. The summed E-state index contributed by atoms with van der Waals surface area (Å²) in [7, 11) is 0. The topological polar surface area (TPSA) is 29.1 Å². The fourth-order valence-corrected chi connectivity index (χ4v) is 0.601. The van der Waals surface area contributed by atoms with Crippen LogP contribution in [0.2, 0.25) is 0 Å². The van der Waals surface area contributed by atoms with E-state index in [9.17, 15) is 4.79 Å². The summed E-state index contributed by atoms with van der Waals surface area (Å²) in [6, 6.07) is 0. The van der Waals surface area contributed by atoms with Crippen LogP contribution in [0.25, 0.3) is 0 Å². The Morgan fingerprint density at radius 2 is 2.20 bits per heavy atom. The summed E-state index contributed by atoms with van der Waals surface area (Å²) in [4.78, 5) is 10.6. The van der Waals surface area contributed by atoms with E-state index in [0.717, 1.165) is 0 Å². The molecule has 0 fully saturated rings. The van der Waals surface area contributed by atoms with E-state index in [4.69, 9.17) is 0 Å². The van der Waals surface area contributed by atoms with Crippen molar-refractivity contribution in [1.82, 2.24) is 5.32 Å². The Labute approximate surface area is 66.1 Å². The molecule has 2 nitrogen and oxygen atoms in total. The van der Waals surface area contributed by atoms with E-state index < -0.39 is 0 Å². The fourth-order valence-electron chi connectivity index (χ4n) is 0.399. The minimum Gasteiger partial charge on any atom is -0.339 e.